The first-order valence-electron chi connectivity index (χ1n) is 10.5. The molecule has 6 rings (SSSR count). The van der Waals surface area contributed by atoms with Crippen molar-refractivity contribution in [2.45, 2.75) is 32.0 Å². The van der Waals surface area contributed by atoms with Crippen LogP contribution in [0.4, 0.5) is 0 Å². The van der Waals surface area contributed by atoms with Crippen LogP contribution in [0.2, 0.25) is 0 Å². The van der Waals surface area contributed by atoms with Crippen molar-refractivity contribution in [1.82, 2.24) is 29.6 Å². The van der Waals surface area contributed by atoms with Gasteiger partial charge >= 0.3 is 0 Å². The minimum atomic E-state index is 0.146. The van der Waals surface area contributed by atoms with E-state index in [0.717, 1.165) is 49.7 Å². The molecule has 2 aliphatic rings. The lowest BCUT2D eigenvalue weighted by Gasteiger charge is -2.35. The van der Waals surface area contributed by atoms with E-state index in [-0.39, 0.29) is 6.04 Å². The van der Waals surface area contributed by atoms with Crippen LogP contribution >= 0.6 is 0 Å². The Bertz CT molecular complexity index is 1150. The highest BCUT2D eigenvalue weighted by Crippen LogP contribution is 2.37. The first-order valence-corrected chi connectivity index (χ1v) is 10.5. The van der Waals surface area contributed by atoms with Gasteiger partial charge in [-0.2, -0.15) is 0 Å². The van der Waals surface area contributed by atoms with E-state index in [9.17, 15) is 0 Å². The molecule has 4 heterocycles. The third-order valence-corrected chi connectivity index (χ3v) is 6.27. The lowest BCUT2D eigenvalue weighted by Crippen LogP contribution is -2.38. The second-order valence-corrected chi connectivity index (χ2v) is 7.95. The van der Waals surface area contributed by atoms with E-state index in [1.54, 1.807) is 6.20 Å². The monoisotopic (exact) mass is 394 g/mol. The zero-order valence-corrected chi connectivity index (χ0v) is 16.6. The molecule has 4 aromatic rings. The quantitative estimate of drug-likeness (QED) is 0.521. The molecule has 0 radical (unpaired) electrons. The highest BCUT2D eigenvalue weighted by atomic mass is 15.3. The van der Waals surface area contributed by atoms with Crippen LogP contribution in [0.3, 0.4) is 0 Å². The van der Waals surface area contributed by atoms with Gasteiger partial charge in [0.2, 0.25) is 0 Å². The molecular weight excluding hydrogens is 372 g/mol. The van der Waals surface area contributed by atoms with Gasteiger partial charge in [0.1, 0.15) is 5.82 Å². The normalized spacial score (nSPS) is 18.2. The van der Waals surface area contributed by atoms with Crippen LogP contribution in [0.5, 0.6) is 0 Å². The van der Waals surface area contributed by atoms with Gasteiger partial charge in [-0.25, -0.2) is 0 Å². The van der Waals surface area contributed by atoms with Gasteiger partial charge in [0.05, 0.1) is 18.3 Å². The number of nitrogens with zero attached hydrogens (tertiary/aromatic N) is 6. The highest BCUT2D eigenvalue weighted by Gasteiger charge is 2.33. The molecule has 30 heavy (non-hydrogen) atoms. The maximum Gasteiger partial charge on any atom is 0.165 e. The Labute approximate surface area is 175 Å². The topological polar surface area (TPSA) is 59.7 Å². The van der Waals surface area contributed by atoms with E-state index in [1.165, 1.54) is 22.4 Å². The van der Waals surface area contributed by atoms with Crippen LogP contribution in [0, 0.1) is 0 Å². The molecule has 1 aromatic carbocycles. The fourth-order valence-corrected chi connectivity index (χ4v) is 4.83. The Hall–Kier alpha value is -3.38. The Morgan fingerprint density at radius 2 is 1.70 bits per heavy atom. The van der Waals surface area contributed by atoms with E-state index in [0.29, 0.717) is 0 Å². The number of aryl methyl sites for hydroxylation is 2. The van der Waals surface area contributed by atoms with Crippen LogP contribution in [0.15, 0.2) is 67.1 Å². The minimum Gasteiger partial charge on any atom is -0.309 e. The Morgan fingerprint density at radius 3 is 2.63 bits per heavy atom. The van der Waals surface area contributed by atoms with Crippen molar-refractivity contribution in [2.75, 3.05) is 6.54 Å². The van der Waals surface area contributed by atoms with Crippen molar-refractivity contribution in [2.24, 2.45) is 0 Å². The lowest BCUT2D eigenvalue weighted by molar-refractivity contribution is 0.173. The summed E-state index contributed by atoms with van der Waals surface area (Å²) in [4.78, 5) is 11.6. The summed E-state index contributed by atoms with van der Waals surface area (Å²) < 4.78 is 2.23. The zero-order chi connectivity index (χ0) is 19.9. The van der Waals surface area contributed by atoms with E-state index >= 15 is 0 Å². The molecule has 0 saturated carbocycles. The number of rotatable bonds is 2. The fraction of sp³-hybridized carbons (Fsp3) is 0.250. The largest absolute Gasteiger partial charge is 0.309 e. The van der Waals surface area contributed by atoms with E-state index < -0.39 is 0 Å². The Kier molecular flexibility index (Phi) is 4.16. The molecule has 1 aliphatic heterocycles. The molecule has 0 amide bonds. The van der Waals surface area contributed by atoms with E-state index in [4.69, 9.17) is 4.98 Å². The van der Waals surface area contributed by atoms with Gasteiger partial charge in [0, 0.05) is 37.2 Å². The van der Waals surface area contributed by atoms with Gasteiger partial charge in [-0.3, -0.25) is 14.9 Å². The van der Waals surface area contributed by atoms with Crippen molar-refractivity contribution in [3.8, 4) is 11.4 Å². The van der Waals surface area contributed by atoms with E-state index in [2.05, 4.69) is 61.0 Å². The molecule has 0 fully saturated rings. The van der Waals surface area contributed by atoms with Crippen molar-refractivity contribution in [3.63, 3.8) is 0 Å². The molecule has 6 heteroatoms. The van der Waals surface area contributed by atoms with Gasteiger partial charge in [0.25, 0.3) is 0 Å². The third kappa shape index (κ3) is 2.83. The van der Waals surface area contributed by atoms with Gasteiger partial charge in [-0.1, -0.05) is 30.3 Å². The summed E-state index contributed by atoms with van der Waals surface area (Å²) >= 11 is 0. The molecule has 1 atom stereocenters. The molecule has 6 nitrogen and oxygen atoms in total. The molecule has 0 bridgehead atoms. The number of fused-ring (bicyclic) bond motifs is 3. The second kappa shape index (κ2) is 7.15. The number of hydrogen-bond acceptors (Lipinski definition) is 5. The number of hydrogen-bond donors (Lipinski definition) is 0. The summed E-state index contributed by atoms with van der Waals surface area (Å²) in [6.07, 6.45) is 7.65. The summed E-state index contributed by atoms with van der Waals surface area (Å²) in [7, 11) is 0. The molecule has 1 aliphatic carbocycles. The van der Waals surface area contributed by atoms with Gasteiger partial charge in [-0.05, 0) is 47.7 Å². The van der Waals surface area contributed by atoms with Crippen LogP contribution < -0.4 is 0 Å². The maximum atomic E-state index is 4.85. The molecule has 1 unspecified atom stereocenters. The second-order valence-electron chi connectivity index (χ2n) is 7.95. The van der Waals surface area contributed by atoms with Gasteiger partial charge in [0.15, 0.2) is 5.82 Å². The summed E-state index contributed by atoms with van der Waals surface area (Å²) in [5.41, 5.74) is 6.33. The number of benzene rings is 1. The fourth-order valence-electron chi connectivity index (χ4n) is 4.83. The molecule has 3 aromatic heterocycles. The summed E-state index contributed by atoms with van der Waals surface area (Å²) in [5.74, 6) is 1.90. The molecular formula is C24H22N6. The van der Waals surface area contributed by atoms with Crippen LogP contribution in [0.1, 0.15) is 34.3 Å². The highest BCUT2D eigenvalue weighted by molar-refractivity contribution is 5.53. The lowest BCUT2D eigenvalue weighted by atomic mass is 9.96. The summed E-state index contributed by atoms with van der Waals surface area (Å²) in [6, 6.07) is 17.2. The van der Waals surface area contributed by atoms with Crippen molar-refractivity contribution >= 4 is 0 Å². The summed E-state index contributed by atoms with van der Waals surface area (Å²) in [6.45, 7) is 2.53. The third-order valence-electron chi connectivity index (χ3n) is 6.27. The van der Waals surface area contributed by atoms with Crippen LogP contribution in [0.25, 0.3) is 11.4 Å². The molecule has 0 spiro atoms. The predicted octanol–water partition coefficient (Wildman–Crippen LogP) is 3.44. The van der Waals surface area contributed by atoms with Crippen molar-refractivity contribution in [3.05, 3.63) is 95.3 Å². The Balaban J connectivity index is 1.41. The Morgan fingerprint density at radius 1 is 0.833 bits per heavy atom. The smallest absolute Gasteiger partial charge is 0.165 e. The van der Waals surface area contributed by atoms with Gasteiger partial charge in [-0.15, -0.1) is 10.2 Å². The minimum absolute atomic E-state index is 0.146. The maximum absolute atomic E-state index is 4.85. The van der Waals surface area contributed by atoms with Crippen LogP contribution in [-0.4, -0.2) is 36.2 Å². The van der Waals surface area contributed by atoms with Gasteiger partial charge < -0.3 is 4.57 Å². The predicted molar refractivity (Wildman–Crippen MR) is 114 cm³/mol. The van der Waals surface area contributed by atoms with Crippen LogP contribution in [-0.2, 0) is 25.9 Å². The first-order chi connectivity index (χ1) is 14.9. The van der Waals surface area contributed by atoms with E-state index in [1.807, 2.05) is 24.5 Å². The standard InChI is InChI=1S/C24H22N6/c1-2-8-20-17(5-1)9-10-18-6-4-12-26-22(18)23(20)29-13-14-30-21(16-29)27-28-24(30)19-7-3-11-25-15-19/h1-8,11-12,15,23H,9-10,13-14,16H2. The van der Waals surface area contributed by atoms with Crippen molar-refractivity contribution < 1.29 is 0 Å². The molecule has 148 valence electrons. The number of aromatic nitrogens is 5. The summed E-state index contributed by atoms with van der Waals surface area (Å²) in [5, 5.41) is 9.02. The number of pyridine rings is 2. The first kappa shape index (κ1) is 17.5. The molecule has 0 N–H and O–H groups in total. The molecule has 0 saturated heterocycles. The SMILES string of the molecule is c1cncc(-c2nnc3n2CCN(C2c4ccccc4CCc4cccnc42)C3)c1. The average molecular weight is 394 g/mol. The zero-order valence-electron chi connectivity index (χ0n) is 16.6. The average Bonchev–Trinajstić information content (AvgIpc) is 3.15. The van der Waals surface area contributed by atoms with Crippen molar-refractivity contribution in [1.29, 1.82) is 0 Å².